The standard InChI is InChI=1S/C24H40BO2S.C8H14O2.C8H16.C8H18/c1-10-14-24(15-11-2,21(26)17(3)4)20-13-12-19(16-18(20)5)25-27-22(6,7)23(8,9)28;1-6(2)7(9)8(3)4-10-5-8;1-3-4-8-5-7(2)6-8;1-5-7(3)8(4)6-2/h12-13,16-17,28H,10-11,14-15H2,1-9H3;6H,4-5H2,1-3H3;7-8H,3-6H2,1-2H3;7-8H,5-6H2,1-4H3. The van der Waals surface area contributed by atoms with Crippen molar-refractivity contribution in [3.8, 4) is 0 Å². The molecule has 0 spiro atoms. The first kappa shape index (κ1) is 52.9. The molecule has 1 aliphatic heterocycles. The minimum Gasteiger partial charge on any atom is -0.428 e. The molecule has 54 heavy (non-hydrogen) atoms. The van der Waals surface area contributed by atoms with Gasteiger partial charge >= 0.3 is 7.48 Å². The van der Waals surface area contributed by atoms with Crippen LogP contribution in [0.4, 0.5) is 0 Å². The molecule has 1 saturated heterocycles. The van der Waals surface area contributed by atoms with Crippen LogP contribution in [0, 0.1) is 47.8 Å². The lowest BCUT2D eigenvalue weighted by Crippen LogP contribution is -2.48. The lowest BCUT2D eigenvalue weighted by Gasteiger charge is -2.38. The predicted octanol–water partition coefficient (Wildman–Crippen LogP) is 13.0. The van der Waals surface area contributed by atoms with Gasteiger partial charge < -0.3 is 9.39 Å². The molecule has 1 aromatic rings. The maximum atomic E-state index is 13.3. The molecule has 1 saturated carbocycles. The van der Waals surface area contributed by atoms with Gasteiger partial charge in [-0.05, 0) is 102 Å². The van der Waals surface area contributed by atoms with Gasteiger partial charge in [0.2, 0.25) is 0 Å². The summed E-state index contributed by atoms with van der Waals surface area (Å²) in [4.78, 5) is 24.7. The smallest absolute Gasteiger partial charge is 0.330 e. The third kappa shape index (κ3) is 16.4. The first-order valence-corrected chi connectivity index (χ1v) is 22.4. The molecule has 0 N–H and O–H groups in total. The summed E-state index contributed by atoms with van der Waals surface area (Å²) in [5.74, 6) is 4.87. The second-order valence-electron chi connectivity index (χ2n) is 19.1. The van der Waals surface area contributed by atoms with Crippen LogP contribution in [0.25, 0.3) is 0 Å². The fourth-order valence-electron chi connectivity index (χ4n) is 7.60. The molecule has 4 nitrogen and oxygen atoms in total. The summed E-state index contributed by atoms with van der Waals surface area (Å²) in [5, 5.41) is 0. The van der Waals surface area contributed by atoms with Gasteiger partial charge in [0, 0.05) is 16.6 Å². The minimum atomic E-state index is -0.398. The summed E-state index contributed by atoms with van der Waals surface area (Å²) < 4.78 is 10.8. The lowest BCUT2D eigenvalue weighted by molar-refractivity contribution is -0.158. The number of rotatable bonds is 18. The normalized spacial score (nSPS) is 19.1. The van der Waals surface area contributed by atoms with E-state index in [0.29, 0.717) is 24.8 Å². The van der Waals surface area contributed by atoms with Crippen molar-refractivity contribution >= 4 is 37.1 Å². The van der Waals surface area contributed by atoms with Gasteiger partial charge in [-0.1, -0.05) is 145 Å². The van der Waals surface area contributed by atoms with E-state index in [0.717, 1.165) is 60.4 Å². The van der Waals surface area contributed by atoms with Crippen LogP contribution in [-0.2, 0) is 24.4 Å². The summed E-state index contributed by atoms with van der Waals surface area (Å²) in [6.07, 6.45) is 12.3. The van der Waals surface area contributed by atoms with Crippen LogP contribution in [0.5, 0.6) is 0 Å². The quantitative estimate of drug-likeness (QED) is 0.119. The molecule has 2 unspecified atom stereocenters. The highest BCUT2D eigenvalue weighted by molar-refractivity contribution is 7.81. The summed E-state index contributed by atoms with van der Waals surface area (Å²) in [5.41, 5.74) is 2.43. The van der Waals surface area contributed by atoms with Crippen molar-refractivity contribution in [2.75, 3.05) is 13.2 Å². The Hall–Kier alpha value is -1.11. The van der Waals surface area contributed by atoms with Crippen LogP contribution in [0.2, 0.25) is 0 Å². The molecular formula is C48H88BO4S. The summed E-state index contributed by atoms with van der Waals surface area (Å²) >= 11 is 4.66. The van der Waals surface area contributed by atoms with E-state index < -0.39 is 5.60 Å². The third-order valence-electron chi connectivity index (χ3n) is 12.5. The molecule has 2 aliphatic rings. The molecule has 6 heteroatoms. The van der Waals surface area contributed by atoms with Crippen LogP contribution >= 0.6 is 12.6 Å². The number of thiol groups is 1. The number of aryl methyl sites for hydroxylation is 1. The Morgan fingerprint density at radius 2 is 1.37 bits per heavy atom. The second-order valence-corrected chi connectivity index (χ2v) is 20.2. The summed E-state index contributed by atoms with van der Waals surface area (Å²) in [6, 6.07) is 6.37. The Bertz CT molecular complexity index is 1190. The molecule has 0 amide bonds. The van der Waals surface area contributed by atoms with Crippen LogP contribution in [0.3, 0.4) is 0 Å². The predicted molar refractivity (Wildman–Crippen MR) is 241 cm³/mol. The molecule has 1 heterocycles. The maximum absolute atomic E-state index is 13.3. The number of hydrogen-bond donors (Lipinski definition) is 1. The van der Waals surface area contributed by atoms with E-state index >= 15 is 0 Å². The van der Waals surface area contributed by atoms with E-state index in [1.807, 2.05) is 55.9 Å². The number of Topliss-reactive ketones (excluding diaryl/α,β-unsaturated/α-hetero) is 2. The SMILES string of the molecule is CC(C)C(=O)C1(C)COC1.CCC(C)C(C)CC.CCCC(CCC)(C(=O)C(C)C)c1ccc([B]OC(C)(C)C(C)(C)S)cc1C.CCCC1CC(C)C1. The highest BCUT2D eigenvalue weighted by Crippen LogP contribution is 2.39. The Kier molecular flexibility index (Phi) is 24.1. The molecule has 2 fully saturated rings. The van der Waals surface area contributed by atoms with Crippen molar-refractivity contribution in [1.29, 1.82) is 0 Å². The summed E-state index contributed by atoms with van der Waals surface area (Å²) in [6.45, 7) is 39.6. The van der Waals surface area contributed by atoms with Crippen LogP contribution in [0.15, 0.2) is 18.2 Å². The van der Waals surface area contributed by atoms with E-state index in [-0.39, 0.29) is 27.4 Å². The fourth-order valence-corrected chi connectivity index (χ4v) is 7.65. The molecule has 1 aromatic carbocycles. The fraction of sp³-hybridized carbons (Fsp3) is 0.833. The van der Waals surface area contributed by atoms with Gasteiger partial charge in [-0.2, -0.15) is 12.6 Å². The van der Waals surface area contributed by atoms with Crippen molar-refractivity contribution in [2.45, 2.75) is 205 Å². The van der Waals surface area contributed by atoms with Gasteiger partial charge in [0.1, 0.15) is 11.6 Å². The second kappa shape index (κ2) is 24.6. The van der Waals surface area contributed by atoms with Gasteiger partial charge in [-0.15, -0.1) is 0 Å². The maximum Gasteiger partial charge on any atom is 0.330 e. The Morgan fingerprint density at radius 3 is 1.67 bits per heavy atom. The number of ketones is 2. The minimum absolute atomic E-state index is 0.0329. The molecule has 313 valence electrons. The molecule has 0 bridgehead atoms. The van der Waals surface area contributed by atoms with Crippen molar-refractivity contribution in [2.24, 2.45) is 40.9 Å². The highest BCUT2D eigenvalue weighted by Gasteiger charge is 2.42. The van der Waals surface area contributed by atoms with Crippen molar-refractivity contribution in [3.05, 3.63) is 29.3 Å². The van der Waals surface area contributed by atoms with Crippen molar-refractivity contribution in [1.82, 2.24) is 0 Å². The van der Waals surface area contributed by atoms with Crippen LogP contribution in [0.1, 0.15) is 193 Å². The molecule has 1 aliphatic carbocycles. The first-order valence-electron chi connectivity index (χ1n) is 21.9. The Labute approximate surface area is 342 Å². The largest absolute Gasteiger partial charge is 0.428 e. The zero-order valence-corrected chi connectivity index (χ0v) is 39.7. The van der Waals surface area contributed by atoms with E-state index in [1.165, 1.54) is 44.1 Å². The number of carbonyl (C=O) groups is 2. The zero-order valence-electron chi connectivity index (χ0n) is 38.8. The Balaban J connectivity index is 0.000000864. The van der Waals surface area contributed by atoms with Crippen LogP contribution in [-0.4, -0.2) is 42.6 Å². The van der Waals surface area contributed by atoms with Gasteiger partial charge in [0.15, 0.2) is 0 Å². The molecule has 2 atom stereocenters. The monoisotopic (exact) mass is 772 g/mol. The average Bonchev–Trinajstić information content (AvgIpc) is 3.08. The van der Waals surface area contributed by atoms with Gasteiger partial charge in [0.25, 0.3) is 0 Å². The van der Waals surface area contributed by atoms with Gasteiger partial charge in [0.05, 0.1) is 29.6 Å². The molecule has 3 rings (SSSR count). The van der Waals surface area contributed by atoms with E-state index in [4.69, 9.17) is 9.39 Å². The topological polar surface area (TPSA) is 52.6 Å². The van der Waals surface area contributed by atoms with Crippen molar-refractivity contribution in [3.63, 3.8) is 0 Å². The molecular weight excluding hydrogens is 683 g/mol. The highest BCUT2D eigenvalue weighted by atomic mass is 32.1. The number of hydrogen-bond acceptors (Lipinski definition) is 5. The third-order valence-corrected chi connectivity index (χ3v) is 13.0. The molecule has 0 aromatic heterocycles. The van der Waals surface area contributed by atoms with Crippen molar-refractivity contribution < 1.29 is 19.0 Å². The van der Waals surface area contributed by atoms with E-state index in [2.05, 4.69) is 107 Å². The van der Waals surface area contributed by atoms with E-state index in [1.54, 1.807) is 0 Å². The van der Waals surface area contributed by atoms with Gasteiger partial charge in [-0.25, -0.2) is 0 Å². The lowest BCUT2D eigenvalue weighted by atomic mass is 9.66. The molecule has 1 radical (unpaired) electrons. The van der Waals surface area contributed by atoms with E-state index in [9.17, 15) is 9.59 Å². The summed E-state index contributed by atoms with van der Waals surface area (Å²) in [7, 11) is 1.82. The van der Waals surface area contributed by atoms with Crippen LogP contribution < -0.4 is 5.46 Å². The number of benzene rings is 1. The zero-order chi connectivity index (χ0) is 42.1. The first-order chi connectivity index (χ1) is 24.9. The average molecular weight is 772 g/mol. The number of ether oxygens (including phenoxy) is 1. The van der Waals surface area contributed by atoms with Gasteiger partial charge in [-0.3, -0.25) is 9.59 Å². The number of carbonyl (C=O) groups excluding carboxylic acids is 2. The Morgan fingerprint density at radius 1 is 0.870 bits per heavy atom.